The molecular formula is C46H32S. The van der Waals surface area contributed by atoms with E-state index in [1.165, 1.54) is 92.9 Å². The van der Waals surface area contributed by atoms with Crippen molar-refractivity contribution in [3.63, 3.8) is 0 Å². The van der Waals surface area contributed by atoms with Gasteiger partial charge in [0.15, 0.2) is 0 Å². The summed E-state index contributed by atoms with van der Waals surface area (Å²) in [5.74, 6) is 0. The predicted octanol–water partition coefficient (Wildman–Crippen LogP) is 13.0. The molecule has 0 aromatic heterocycles. The van der Waals surface area contributed by atoms with E-state index in [2.05, 4.69) is 171 Å². The van der Waals surface area contributed by atoms with Crippen LogP contribution in [0.3, 0.4) is 0 Å². The second-order valence-electron chi connectivity index (χ2n) is 12.5. The molecule has 47 heavy (non-hydrogen) atoms. The molecule has 6 aromatic carbocycles. The SMILES string of the molecule is CC1=C2C=CC=CC=Cc3c(-c4cc(-c5ccccc5)cc(-c5ccc6c7c(cccc57)-c5ccccc5S6)c4)ccc(c3C1)C=C2. The van der Waals surface area contributed by atoms with Crippen molar-refractivity contribution in [1.29, 1.82) is 0 Å². The fraction of sp³-hybridized carbons (Fsp3) is 0.0435. The molecule has 222 valence electrons. The van der Waals surface area contributed by atoms with E-state index < -0.39 is 0 Å². The molecule has 0 fully saturated rings. The Kier molecular flexibility index (Phi) is 6.80. The lowest BCUT2D eigenvalue weighted by molar-refractivity contribution is 1.12. The van der Waals surface area contributed by atoms with Gasteiger partial charge in [0, 0.05) is 15.2 Å². The summed E-state index contributed by atoms with van der Waals surface area (Å²) in [6, 6.07) is 42.9. The van der Waals surface area contributed by atoms with Crippen LogP contribution in [0.4, 0.5) is 0 Å². The zero-order chi connectivity index (χ0) is 31.3. The van der Waals surface area contributed by atoms with Gasteiger partial charge in [0.1, 0.15) is 0 Å². The summed E-state index contributed by atoms with van der Waals surface area (Å²) >= 11 is 1.88. The lowest BCUT2D eigenvalue weighted by atomic mass is 9.85. The van der Waals surface area contributed by atoms with E-state index in [4.69, 9.17) is 0 Å². The van der Waals surface area contributed by atoms with Gasteiger partial charge in [0.25, 0.3) is 0 Å². The third-order valence-electron chi connectivity index (χ3n) is 9.70. The molecule has 0 unspecified atom stereocenters. The normalized spacial score (nSPS) is 14.3. The number of benzene rings is 6. The second-order valence-corrected chi connectivity index (χ2v) is 13.6. The topological polar surface area (TPSA) is 0 Å². The van der Waals surface area contributed by atoms with Gasteiger partial charge in [-0.1, -0.05) is 151 Å². The largest absolute Gasteiger partial charge is 0.0888 e. The minimum Gasteiger partial charge on any atom is -0.0888 e. The molecule has 0 amide bonds. The van der Waals surface area contributed by atoms with Crippen LogP contribution in [0.5, 0.6) is 0 Å². The average molecular weight is 617 g/mol. The van der Waals surface area contributed by atoms with Crippen LogP contribution in [0.2, 0.25) is 0 Å². The summed E-state index contributed by atoms with van der Waals surface area (Å²) in [5, 5.41) is 2.65. The maximum atomic E-state index is 2.41. The van der Waals surface area contributed by atoms with Crippen LogP contribution in [-0.4, -0.2) is 0 Å². The van der Waals surface area contributed by atoms with Crippen LogP contribution >= 0.6 is 11.8 Å². The molecule has 3 aliphatic rings. The standard InChI is InChI=1S/C46H32S/c1-30-26-43-33-21-20-31(30)12-5-2-3-8-15-39(43)37(23-22-33)35-27-34(32-13-6-4-7-14-32)28-36(29-35)38-24-25-45-46-41(38)17-11-18-42(46)40-16-9-10-19-44(40)47-45/h2-25,27-29H,26H2,1H3. The van der Waals surface area contributed by atoms with E-state index in [-0.39, 0.29) is 0 Å². The van der Waals surface area contributed by atoms with Crippen molar-refractivity contribution < 1.29 is 0 Å². The molecule has 9 rings (SSSR count). The minimum absolute atomic E-state index is 0.925. The Morgan fingerprint density at radius 1 is 0.489 bits per heavy atom. The molecule has 1 aliphatic heterocycles. The van der Waals surface area contributed by atoms with Crippen LogP contribution in [0.15, 0.2) is 173 Å². The van der Waals surface area contributed by atoms with Crippen LogP contribution in [0, 0.1) is 0 Å². The zero-order valence-corrected chi connectivity index (χ0v) is 27.0. The number of fused-ring (bicyclic) bond motifs is 3. The van der Waals surface area contributed by atoms with Crippen molar-refractivity contribution in [1.82, 2.24) is 0 Å². The highest BCUT2D eigenvalue weighted by Crippen LogP contribution is 2.50. The molecule has 0 nitrogen and oxygen atoms in total. The maximum absolute atomic E-state index is 2.41. The van der Waals surface area contributed by atoms with Gasteiger partial charge < -0.3 is 0 Å². The average Bonchev–Trinajstić information content (AvgIpc) is 3.29. The number of hydrogen-bond acceptors (Lipinski definition) is 1. The Labute approximate surface area is 280 Å². The van der Waals surface area contributed by atoms with Gasteiger partial charge >= 0.3 is 0 Å². The van der Waals surface area contributed by atoms with Crippen molar-refractivity contribution in [2.24, 2.45) is 0 Å². The third-order valence-corrected chi connectivity index (χ3v) is 10.8. The van der Waals surface area contributed by atoms with E-state index in [1.54, 1.807) is 0 Å². The van der Waals surface area contributed by atoms with Gasteiger partial charge in [0.2, 0.25) is 0 Å². The van der Waals surface area contributed by atoms with Gasteiger partial charge in [0.05, 0.1) is 0 Å². The van der Waals surface area contributed by atoms with Gasteiger partial charge in [-0.25, -0.2) is 0 Å². The zero-order valence-electron chi connectivity index (χ0n) is 26.2. The highest BCUT2D eigenvalue weighted by atomic mass is 32.2. The monoisotopic (exact) mass is 616 g/mol. The van der Waals surface area contributed by atoms with E-state index >= 15 is 0 Å². The first-order chi connectivity index (χ1) is 23.2. The van der Waals surface area contributed by atoms with E-state index in [0.717, 1.165) is 6.42 Å². The minimum atomic E-state index is 0.925. The molecule has 0 N–H and O–H groups in total. The first-order valence-electron chi connectivity index (χ1n) is 16.3. The summed E-state index contributed by atoms with van der Waals surface area (Å²) in [7, 11) is 0. The van der Waals surface area contributed by atoms with E-state index in [0.29, 0.717) is 0 Å². The lowest BCUT2D eigenvalue weighted by Gasteiger charge is -2.22. The van der Waals surface area contributed by atoms with Crippen LogP contribution in [-0.2, 0) is 6.42 Å². The molecule has 0 radical (unpaired) electrons. The molecule has 0 atom stereocenters. The quantitative estimate of drug-likeness (QED) is 0.190. The van der Waals surface area contributed by atoms with Gasteiger partial charge in [-0.3, -0.25) is 0 Å². The molecule has 2 bridgehead atoms. The Morgan fingerprint density at radius 2 is 1.23 bits per heavy atom. The fourth-order valence-corrected chi connectivity index (χ4v) is 8.50. The van der Waals surface area contributed by atoms with Gasteiger partial charge in [-0.2, -0.15) is 0 Å². The molecule has 0 saturated heterocycles. The summed E-state index contributed by atoms with van der Waals surface area (Å²) < 4.78 is 0. The Hall–Kier alpha value is -5.37. The summed E-state index contributed by atoms with van der Waals surface area (Å²) in [4.78, 5) is 2.65. The fourth-order valence-electron chi connectivity index (χ4n) is 7.37. The smallest absolute Gasteiger partial charge is 0.0207 e. The van der Waals surface area contributed by atoms with Crippen molar-refractivity contribution in [2.45, 2.75) is 23.1 Å². The second kappa shape index (κ2) is 11.5. The molecular weight excluding hydrogens is 585 g/mol. The van der Waals surface area contributed by atoms with Crippen LogP contribution in [0.25, 0.3) is 67.4 Å². The molecule has 2 aliphatic carbocycles. The highest BCUT2D eigenvalue weighted by Gasteiger charge is 2.22. The summed E-state index contributed by atoms with van der Waals surface area (Å²) in [6.07, 6.45) is 18.6. The molecule has 6 aromatic rings. The van der Waals surface area contributed by atoms with Crippen molar-refractivity contribution in [3.8, 4) is 44.5 Å². The number of allylic oxidation sites excluding steroid dienone is 8. The van der Waals surface area contributed by atoms with Gasteiger partial charge in [-0.05, 0) is 116 Å². The molecule has 1 heterocycles. The number of rotatable bonds is 3. The third kappa shape index (κ3) is 4.87. The summed E-state index contributed by atoms with van der Waals surface area (Å²) in [5.41, 5.74) is 16.7. The lowest BCUT2D eigenvalue weighted by Crippen LogP contribution is -1.98. The molecule has 0 spiro atoms. The molecule has 0 saturated carbocycles. The van der Waals surface area contributed by atoms with Crippen molar-refractivity contribution in [3.05, 3.63) is 180 Å². The Morgan fingerprint density at radius 3 is 2.13 bits per heavy atom. The first kappa shape index (κ1) is 27.9. The first-order valence-corrected chi connectivity index (χ1v) is 17.1. The van der Waals surface area contributed by atoms with E-state index in [1.807, 2.05) is 11.8 Å². The maximum Gasteiger partial charge on any atom is 0.0207 e. The molecule has 1 heteroatoms. The Balaban J connectivity index is 1.29. The van der Waals surface area contributed by atoms with Crippen molar-refractivity contribution >= 4 is 34.7 Å². The Bertz CT molecular complexity index is 2390. The van der Waals surface area contributed by atoms with Crippen LogP contribution in [0.1, 0.15) is 23.6 Å². The van der Waals surface area contributed by atoms with Gasteiger partial charge in [-0.15, -0.1) is 0 Å². The van der Waals surface area contributed by atoms with Crippen molar-refractivity contribution in [2.75, 3.05) is 0 Å². The predicted molar refractivity (Wildman–Crippen MR) is 203 cm³/mol. The van der Waals surface area contributed by atoms with E-state index in [9.17, 15) is 0 Å². The highest BCUT2D eigenvalue weighted by molar-refractivity contribution is 7.99. The van der Waals surface area contributed by atoms with Crippen LogP contribution < -0.4 is 0 Å². The number of hydrogen-bond donors (Lipinski definition) is 0. The summed E-state index contributed by atoms with van der Waals surface area (Å²) in [6.45, 7) is 2.27.